The van der Waals surface area contributed by atoms with Crippen molar-refractivity contribution in [2.24, 2.45) is 5.92 Å². The van der Waals surface area contributed by atoms with Crippen LogP contribution in [0.5, 0.6) is 0 Å². The Morgan fingerprint density at radius 3 is 2.38 bits per heavy atom. The van der Waals surface area contributed by atoms with Gasteiger partial charge in [-0.3, -0.25) is 4.79 Å². The molecule has 2 aromatic carbocycles. The molecule has 0 spiro atoms. The molecule has 0 unspecified atom stereocenters. The van der Waals surface area contributed by atoms with Gasteiger partial charge in [-0.05, 0) is 49.1 Å². The van der Waals surface area contributed by atoms with Crippen molar-refractivity contribution in [2.45, 2.75) is 25.5 Å². The molecule has 0 bridgehead atoms. The predicted molar refractivity (Wildman–Crippen MR) is 126 cm³/mol. The number of carbonyl (C=O) groups excluding carboxylic acids is 1. The van der Waals surface area contributed by atoms with Gasteiger partial charge in [-0.15, -0.1) is 0 Å². The Kier molecular flexibility index (Phi) is 7.13. The number of nitrogens with one attached hydrogen (secondary N) is 1. The van der Waals surface area contributed by atoms with E-state index in [1.807, 2.05) is 49.4 Å². The minimum absolute atomic E-state index is 0.000606. The van der Waals surface area contributed by atoms with Crippen molar-refractivity contribution in [2.75, 3.05) is 49.6 Å². The summed E-state index contributed by atoms with van der Waals surface area (Å²) in [5.41, 5.74) is 3.75. The van der Waals surface area contributed by atoms with E-state index < -0.39 is 10.0 Å². The first-order valence-corrected chi connectivity index (χ1v) is 12.8. The van der Waals surface area contributed by atoms with Gasteiger partial charge in [-0.1, -0.05) is 30.3 Å². The fourth-order valence-electron chi connectivity index (χ4n) is 4.31. The minimum Gasteiger partial charge on any atom is -0.378 e. The van der Waals surface area contributed by atoms with Crippen molar-refractivity contribution < 1.29 is 17.9 Å². The van der Waals surface area contributed by atoms with E-state index in [1.165, 1.54) is 4.31 Å². The van der Waals surface area contributed by atoms with Gasteiger partial charge in [0.15, 0.2) is 0 Å². The number of anilines is 2. The SMILES string of the molecule is Cc1cc(N2CCOCC2)ccc1NC(=O)C1CCN(S(=O)(=O)Cc2ccccc2)CC1. The van der Waals surface area contributed by atoms with E-state index in [9.17, 15) is 13.2 Å². The highest BCUT2D eigenvalue weighted by Crippen LogP contribution is 2.26. The molecular formula is C24H31N3O4S. The molecule has 2 heterocycles. The molecule has 1 N–H and O–H groups in total. The van der Waals surface area contributed by atoms with Crippen LogP contribution >= 0.6 is 0 Å². The van der Waals surface area contributed by atoms with Gasteiger partial charge in [0.1, 0.15) is 0 Å². The maximum Gasteiger partial charge on any atom is 0.227 e. The highest BCUT2D eigenvalue weighted by Gasteiger charge is 2.31. The molecule has 0 aromatic heterocycles. The van der Waals surface area contributed by atoms with Gasteiger partial charge < -0.3 is 15.0 Å². The Morgan fingerprint density at radius 2 is 1.72 bits per heavy atom. The normalized spacial score (nSPS) is 18.5. The van der Waals surface area contributed by atoms with E-state index in [-0.39, 0.29) is 17.6 Å². The monoisotopic (exact) mass is 457 g/mol. The van der Waals surface area contributed by atoms with Crippen molar-refractivity contribution >= 4 is 27.3 Å². The van der Waals surface area contributed by atoms with Crippen LogP contribution in [0.15, 0.2) is 48.5 Å². The zero-order chi connectivity index (χ0) is 22.6. The maximum atomic E-state index is 12.8. The molecule has 2 aliphatic rings. The molecular weight excluding hydrogens is 426 g/mol. The van der Waals surface area contributed by atoms with E-state index >= 15 is 0 Å². The third-order valence-corrected chi connectivity index (χ3v) is 8.10. The number of sulfonamides is 1. The van der Waals surface area contributed by atoms with E-state index in [1.54, 1.807) is 0 Å². The van der Waals surface area contributed by atoms with Crippen molar-refractivity contribution in [1.82, 2.24) is 4.31 Å². The molecule has 0 aliphatic carbocycles. The third kappa shape index (κ3) is 5.49. The number of hydrogen-bond donors (Lipinski definition) is 1. The van der Waals surface area contributed by atoms with E-state index in [4.69, 9.17) is 4.74 Å². The number of rotatable bonds is 6. The second-order valence-corrected chi connectivity index (χ2v) is 10.5. The summed E-state index contributed by atoms with van der Waals surface area (Å²) in [4.78, 5) is 15.1. The second kappa shape index (κ2) is 10.0. The number of morpholine rings is 1. The number of aryl methyl sites for hydroxylation is 1. The molecule has 0 radical (unpaired) electrons. The van der Waals surface area contributed by atoms with Crippen molar-refractivity contribution in [3.05, 3.63) is 59.7 Å². The molecule has 172 valence electrons. The van der Waals surface area contributed by atoms with Gasteiger partial charge in [-0.25, -0.2) is 12.7 Å². The first-order chi connectivity index (χ1) is 15.4. The summed E-state index contributed by atoms with van der Waals surface area (Å²) in [6, 6.07) is 15.3. The summed E-state index contributed by atoms with van der Waals surface area (Å²) in [6.45, 7) is 5.96. The number of amides is 1. The van der Waals surface area contributed by atoms with Crippen LogP contribution in [0.1, 0.15) is 24.0 Å². The lowest BCUT2D eigenvalue weighted by Crippen LogP contribution is -2.41. The highest BCUT2D eigenvalue weighted by molar-refractivity contribution is 7.88. The van der Waals surface area contributed by atoms with Crippen molar-refractivity contribution in [3.8, 4) is 0 Å². The number of carbonyl (C=O) groups is 1. The molecule has 1 amide bonds. The van der Waals surface area contributed by atoms with Gasteiger partial charge in [-0.2, -0.15) is 0 Å². The van der Waals surface area contributed by atoms with Crippen LogP contribution in [0.25, 0.3) is 0 Å². The Hall–Kier alpha value is -2.42. The molecule has 2 fully saturated rings. The second-order valence-electron chi connectivity index (χ2n) is 8.50. The molecule has 2 aliphatic heterocycles. The highest BCUT2D eigenvalue weighted by atomic mass is 32.2. The molecule has 2 aromatic rings. The van der Waals surface area contributed by atoms with Gasteiger partial charge in [0.2, 0.25) is 15.9 Å². The summed E-state index contributed by atoms with van der Waals surface area (Å²) in [6.07, 6.45) is 1.07. The summed E-state index contributed by atoms with van der Waals surface area (Å²) >= 11 is 0. The quantitative estimate of drug-likeness (QED) is 0.721. The fourth-order valence-corrected chi connectivity index (χ4v) is 5.88. The van der Waals surface area contributed by atoms with Gasteiger partial charge in [0, 0.05) is 43.5 Å². The van der Waals surface area contributed by atoms with Crippen LogP contribution in [-0.4, -0.2) is 58.0 Å². The standard InChI is InChI=1S/C24H31N3O4S/c1-19-17-22(26-13-15-31-16-14-26)7-8-23(19)25-24(28)21-9-11-27(12-10-21)32(29,30)18-20-5-3-2-4-6-20/h2-8,17,21H,9-16,18H2,1H3,(H,25,28). The Morgan fingerprint density at radius 1 is 1.03 bits per heavy atom. The van der Waals surface area contributed by atoms with Gasteiger partial charge in [0.05, 0.1) is 19.0 Å². The smallest absolute Gasteiger partial charge is 0.227 e. The molecule has 2 saturated heterocycles. The van der Waals surface area contributed by atoms with Crippen LogP contribution in [0, 0.1) is 12.8 Å². The summed E-state index contributed by atoms with van der Waals surface area (Å²) in [5.74, 6) is -0.219. The summed E-state index contributed by atoms with van der Waals surface area (Å²) < 4.78 is 32.4. The van der Waals surface area contributed by atoms with Crippen molar-refractivity contribution in [3.63, 3.8) is 0 Å². The molecule has 0 atom stereocenters. The van der Waals surface area contributed by atoms with Crippen LogP contribution < -0.4 is 10.2 Å². The Bertz CT molecular complexity index is 1030. The lowest BCUT2D eigenvalue weighted by Gasteiger charge is -2.31. The van der Waals surface area contributed by atoms with Crippen LogP contribution in [-0.2, 0) is 25.3 Å². The molecule has 4 rings (SSSR count). The predicted octanol–water partition coefficient (Wildman–Crippen LogP) is 3.01. The number of nitrogens with zero attached hydrogens (tertiary/aromatic N) is 2. The molecule has 0 saturated carbocycles. The lowest BCUT2D eigenvalue weighted by molar-refractivity contribution is -0.120. The molecule has 7 nitrogen and oxygen atoms in total. The number of benzene rings is 2. The summed E-state index contributed by atoms with van der Waals surface area (Å²) in [5, 5.41) is 3.05. The van der Waals surface area contributed by atoms with Gasteiger partial charge in [0.25, 0.3) is 0 Å². The van der Waals surface area contributed by atoms with Gasteiger partial charge >= 0.3 is 0 Å². The average molecular weight is 458 g/mol. The molecule has 8 heteroatoms. The third-order valence-electron chi connectivity index (χ3n) is 6.25. The largest absolute Gasteiger partial charge is 0.378 e. The maximum absolute atomic E-state index is 12.8. The zero-order valence-electron chi connectivity index (χ0n) is 18.5. The fraction of sp³-hybridized carbons (Fsp3) is 0.458. The van der Waals surface area contributed by atoms with Crippen LogP contribution in [0.4, 0.5) is 11.4 Å². The van der Waals surface area contributed by atoms with E-state index in [2.05, 4.69) is 16.3 Å². The van der Waals surface area contributed by atoms with E-state index in [0.717, 1.165) is 48.8 Å². The van der Waals surface area contributed by atoms with Crippen LogP contribution in [0.2, 0.25) is 0 Å². The lowest BCUT2D eigenvalue weighted by atomic mass is 9.97. The van der Waals surface area contributed by atoms with Crippen LogP contribution in [0.3, 0.4) is 0 Å². The number of ether oxygens (including phenoxy) is 1. The first-order valence-electron chi connectivity index (χ1n) is 11.2. The zero-order valence-corrected chi connectivity index (χ0v) is 19.3. The molecule has 32 heavy (non-hydrogen) atoms. The summed E-state index contributed by atoms with van der Waals surface area (Å²) in [7, 11) is -3.38. The number of hydrogen-bond acceptors (Lipinski definition) is 5. The number of piperidine rings is 1. The first kappa shape index (κ1) is 22.8. The Labute approximate surface area is 190 Å². The minimum atomic E-state index is -3.38. The van der Waals surface area contributed by atoms with E-state index in [0.29, 0.717) is 25.9 Å². The topological polar surface area (TPSA) is 79.0 Å². The van der Waals surface area contributed by atoms with Crippen molar-refractivity contribution in [1.29, 1.82) is 0 Å². The Balaban J connectivity index is 1.31. The average Bonchev–Trinajstić information content (AvgIpc) is 2.81.